The fraction of sp³-hybridized carbons (Fsp3) is 0.357. The molecule has 9 heteroatoms. The molecule has 1 heterocycles. The molecule has 268 valence electrons. The van der Waals surface area contributed by atoms with Gasteiger partial charge in [-0.05, 0) is 72.7 Å². The van der Waals surface area contributed by atoms with Crippen molar-refractivity contribution in [1.29, 1.82) is 0 Å². The van der Waals surface area contributed by atoms with E-state index in [0.29, 0.717) is 24.6 Å². The summed E-state index contributed by atoms with van der Waals surface area (Å²) in [6, 6.07) is 29.4. The highest BCUT2D eigenvalue weighted by Crippen LogP contribution is 2.29. The zero-order chi connectivity index (χ0) is 36.4. The third-order valence-corrected chi connectivity index (χ3v) is 9.56. The van der Waals surface area contributed by atoms with E-state index < -0.39 is 29.5 Å². The van der Waals surface area contributed by atoms with Crippen LogP contribution in [0.4, 0.5) is 0 Å². The molecular formula is C42H48ClN3O5. The van der Waals surface area contributed by atoms with Crippen molar-refractivity contribution in [3.05, 3.63) is 131 Å². The van der Waals surface area contributed by atoms with Gasteiger partial charge < -0.3 is 25.4 Å². The average molecular weight is 710 g/mol. The monoisotopic (exact) mass is 709 g/mol. The highest BCUT2D eigenvalue weighted by Gasteiger charge is 2.37. The van der Waals surface area contributed by atoms with Crippen molar-refractivity contribution in [3.63, 3.8) is 0 Å². The van der Waals surface area contributed by atoms with E-state index in [1.807, 2.05) is 110 Å². The molecule has 0 unspecified atom stereocenters. The molecule has 0 bridgehead atoms. The van der Waals surface area contributed by atoms with Crippen LogP contribution in [-0.2, 0) is 43.3 Å². The molecule has 5 rings (SSSR count). The standard InChI is InChI=1S/C42H48ClN3O5/c1-29(44)40(48)45-39(30(2)50-27-31-11-5-4-6-12-31)41(49)46-22-10-17-37(46)20-21-42(3,26-33-13-9-16-36(43)24-33)28-51-38(47)25-32-18-19-34-14-7-8-15-35(34)23-32/h4-9,11-16,18-21,23-24,29-30,37,39H,10,17,22,25-28,44H2,1-3H3,(H,45,48)/t29-,30+,37-,39-,42-/m0/s1. The molecule has 1 fully saturated rings. The highest BCUT2D eigenvalue weighted by molar-refractivity contribution is 6.30. The summed E-state index contributed by atoms with van der Waals surface area (Å²) >= 11 is 6.34. The van der Waals surface area contributed by atoms with Gasteiger partial charge in [-0.3, -0.25) is 14.4 Å². The molecule has 0 spiro atoms. The minimum atomic E-state index is -0.921. The molecule has 0 radical (unpaired) electrons. The van der Waals surface area contributed by atoms with Crippen LogP contribution >= 0.6 is 11.6 Å². The fourth-order valence-electron chi connectivity index (χ4n) is 6.43. The van der Waals surface area contributed by atoms with Crippen molar-refractivity contribution in [2.45, 2.75) is 77.3 Å². The van der Waals surface area contributed by atoms with E-state index in [0.717, 1.165) is 40.3 Å². The van der Waals surface area contributed by atoms with Crippen molar-refractivity contribution >= 4 is 40.2 Å². The summed E-state index contributed by atoms with van der Waals surface area (Å²) in [6.07, 6.45) is 5.76. The Morgan fingerprint density at radius 2 is 1.67 bits per heavy atom. The maximum atomic E-state index is 14.2. The lowest BCUT2D eigenvalue weighted by Gasteiger charge is -2.32. The third kappa shape index (κ3) is 10.7. The lowest BCUT2D eigenvalue weighted by Crippen LogP contribution is -2.57. The molecule has 3 N–H and O–H groups in total. The van der Waals surface area contributed by atoms with Crippen molar-refractivity contribution in [2.24, 2.45) is 11.1 Å². The molecule has 5 atom stereocenters. The smallest absolute Gasteiger partial charge is 0.310 e. The SMILES string of the molecule is C[C@H](N)C(=O)N[C@H](C(=O)N1CCC[C@H]1C=C[C@](C)(COC(=O)Cc1ccc2ccccc2c1)Cc1cccc(Cl)c1)[C@@H](C)OCc1ccccc1. The number of nitrogens with one attached hydrogen (secondary N) is 1. The summed E-state index contributed by atoms with van der Waals surface area (Å²) in [5.74, 6) is -0.963. The van der Waals surface area contributed by atoms with Crippen LogP contribution in [0.5, 0.6) is 0 Å². The van der Waals surface area contributed by atoms with Crippen LogP contribution in [0.25, 0.3) is 10.8 Å². The van der Waals surface area contributed by atoms with E-state index in [2.05, 4.69) is 11.4 Å². The second-order valence-electron chi connectivity index (χ2n) is 13.9. The van der Waals surface area contributed by atoms with Gasteiger partial charge in [0, 0.05) is 17.0 Å². The number of carbonyl (C=O) groups excluding carboxylic acids is 3. The first-order valence-electron chi connectivity index (χ1n) is 17.6. The number of amides is 2. The molecule has 4 aromatic carbocycles. The molecule has 0 aromatic heterocycles. The van der Waals surface area contributed by atoms with Gasteiger partial charge in [-0.15, -0.1) is 0 Å². The minimum absolute atomic E-state index is 0.139. The van der Waals surface area contributed by atoms with Gasteiger partial charge in [-0.25, -0.2) is 0 Å². The largest absolute Gasteiger partial charge is 0.465 e. The van der Waals surface area contributed by atoms with Crippen molar-refractivity contribution < 1.29 is 23.9 Å². The Bertz CT molecular complexity index is 1830. The number of nitrogens with two attached hydrogens (primary N) is 1. The molecule has 0 saturated carbocycles. The number of halogens is 1. The van der Waals surface area contributed by atoms with Crippen molar-refractivity contribution in [3.8, 4) is 0 Å². The van der Waals surface area contributed by atoms with Gasteiger partial charge in [-0.1, -0.05) is 116 Å². The van der Waals surface area contributed by atoms with Crippen LogP contribution in [0.2, 0.25) is 5.02 Å². The second-order valence-corrected chi connectivity index (χ2v) is 14.3. The molecule has 51 heavy (non-hydrogen) atoms. The number of ether oxygens (including phenoxy) is 2. The van der Waals surface area contributed by atoms with Gasteiger partial charge in [0.15, 0.2) is 0 Å². The Morgan fingerprint density at radius 1 is 0.941 bits per heavy atom. The zero-order valence-corrected chi connectivity index (χ0v) is 30.4. The maximum absolute atomic E-state index is 14.2. The predicted molar refractivity (Wildman–Crippen MR) is 202 cm³/mol. The number of nitrogens with zero attached hydrogens (tertiary/aromatic N) is 1. The quantitative estimate of drug-likeness (QED) is 0.104. The fourth-order valence-corrected chi connectivity index (χ4v) is 6.65. The van der Waals surface area contributed by atoms with Crippen LogP contribution in [0.1, 0.15) is 50.3 Å². The molecule has 1 saturated heterocycles. The normalized spacial score (nSPS) is 17.5. The molecule has 4 aromatic rings. The maximum Gasteiger partial charge on any atom is 0.310 e. The first kappa shape index (κ1) is 37.7. The first-order chi connectivity index (χ1) is 24.5. The summed E-state index contributed by atoms with van der Waals surface area (Å²) in [5.41, 5.74) is 8.13. The van der Waals surface area contributed by atoms with Crippen LogP contribution < -0.4 is 11.1 Å². The van der Waals surface area contributed by atoms with E-state index in [4.69, 9.17) is 26.8 Å². The molecular weight excluding hydrogens is 662 g/mol. The average Bonchev–Trinajstić information content (AvgIpc) is 3.60. The Kier molecular flexibility index (Phi) is 13.0. The van der Waals surface area contributed by atoms with Crippen LogP contribution in [0.15, 0.2) is 109 Å². The van der Waals surface area contributed by atoms with Gasteiger partial charge in [0.25, 0.3) is 0 Å². The van der Waals surface area contributed by atoms with Crippen molar-refractivity contribution in [1.82, 2.24) is 10.2 Å². The minimum Gasteiger partial charge on any atom is -0.465 e. The van der Waals surface area contributed by atoms with E-state index in [9.17, 15) is 14.4 Å². The predicted octanol–water partition coefficient (Wildman–Crippen LogP) is 6.81. The Balaban J connectivity index is 1.31. The topological polar surface area (TPSA) is 111 Å². The van der Waals surface area contributed by atoms with E-state index in [-0.39, 0.29) is 30.9 Å². The summed E-state index contributed by atoms with van der Waals surface area (Å²) in [5, 5.41) is 5.66. The Morgan fingerprint density at radius 3 is 2.41 bits per heavy atom. The van der Waals surface area contributed by atoms with E-state index in [1.165, 1.54) is 0 Å². The van der Waals surface area contributed by atoms with Gasteiger partial charge in [-0.2, -0.15) is 0 Å². The van der Waals surface area contributed by atoms with Gasteiger partial charge in [0.1, 0.15) is 12.6 Å². The molecule has 1 aliphatic rings. The van der Waals surface area contributed by atoms with Crippen LogP contribution in [-0.4, -0.2) is 60.1 Å². The third-order valence-electron chi connectivity index (χ3n) is 9.33. The number of carbonyl (C=O) groups is 3. The first-order valence-corrected chi connectivity index (χ1v) is 18.0. The summed E-state index contributed by atoms with van der Waals surface area (Å²) in [7, 11) is 0. The summed E-state index contributed by atoms with van der Waals surface area (Å²) < 4.78 is 12.0. The van der Waals surface area contributed by atoms with E-state index in [1.54, 1.807) is 18.7 Å². The molecule has 1 aliphatic heterocycles. The number of benzene rings is 4. The molecule has 0 aliphatic carbocycles. The zero-order valence-electron chi connectivity index (χ0n) is 29.6. The van der Waals surface area contributed by atoms with Crippen molar-refractivity contribution in [2.75, 3.05) is 13.2 Å². The van der Waals surface area contributed by atoms with E-state index >= 15 is 0 Å². The lowest BCUT2D eigenvalue weighted by atomic mass is 9.83. The number of rotatable bonds is 15. The lowest BCUT2D eigenvalue weighted by molar-refractivity contribution is -0.145. The second kappa shape index (κ2) is 17.6. The molecule has 8 nitrogen and oxygen atoms in total. The number of likely N-dealkylation sites (tertiary alicyclic amines) is 1. The number of fused-ring (bicyclic) bond motifs is 1. The number of hydrogen-bond donors (Lipinski definition) is 2. The summed E-state index contributed by atoms with van der Waals surface area (Å²) in [6.45, 7) is 6.39. The van der Waals surface area contributed by atoms with Crippen LogP contribution in [0.3, 0.4) is 0 Å². The molecule has 2 amide bonds. The number of esters is 1. The van der Waals surface area contributed by atoms with Crippen LogP contribution in [0, 0.1) is 5.41 Å². The Labute approximate surface area is 305 Å². The van der Waals surface area contributed by atoms with Gasteiger partial charge in [0.05, 0.1) is 31.2 Å². The highest BCUT2D eigenvalue weighted by atomic mass is 35.5. The van der Waals surface area contributed by atoms with Gasteiger partial charge in [0.2, 0.25) is 11.8 Å². The number of hydrogen-bond acceptors (Lipinski definition) is 6. The Hall–Kier alpha value is -4.50. The summed E-state index contributed by atoms with van der Waals surface area (Å²) in [4.78, 5) is 41.9. The van der Waals surface area contributed by atoms with Gasteiger partial charge >= 0.3 is 5.97 Å².